The number of rotatable bonds is 1. The van der Waals surface area contributed by atoms with Crippen LogP contribution < -0.4 is 0 Å². The van der Waals surface area contributed by atoms with Gasteiger partial charge in [-0.05, 0) is 0 Å². The summed E-state index contributed by atoms with van der Waals surface area (Å²) in [6.45, 7) is -0.231. The van der Waals surface area contributed by atoms with E-state index >= 15 is 0 Å². The summed E-state index contributed by atoms with van der Waals surface area (Å²) < 4.78 is 8.76. The number of methoxy groups -OCH3 is 1. The molecule has 62 valence electrons. The summed E-state index contributed by atoms with van der Waals surface area (Å²) in [4.78, 5) is 21.3. The van der Waals surface area contributed by atoms with Gasteiger partial charge in [-0.25, -0.2) is 4.79 Å². The van der Waals surface area contributed by atoms with Crippen LogP contribution in [0.25, 0.3) is 0 Å². The van der Waals surface area contributed by atoms with Crippen molar-refractivity contribution in [2.24, 2.45) is 0 Å². The minimum atomic E-state index is -2.04. The van der Waals surface area contributed by atoms with Crippen LogP contribution in [-0.2, 0) is 19.1 Å². The molecule has 0 bridgehead atoms. The fourth-order valence-electron chi connectivity index (χ4n) is 0.860. The molecule has 0 aliphatic carbocycles. The van der Waals surface area contributed by atoms with Crippen molar-refractivity contribution in [3.8, 4) is 0 Å². The maximum absolute atomic E-state index is 10.7. The van der Waals surface area contributed by atoms with Gasteiger partial charge >= 0.3 is 5.97 Å². The second kappa shape index (κ2) is 2.60. The van der Waals surface area contributed by atoms with Crippen molar-refractivity contribution >= 4 is 11.8 Å². The zero-order valence-corrected chi connectivity index (χ0v) is 5.99. The summed E-state index contributed by atoms with van der Waals surface area (Å²) in [5.41, 5.74) is 0. The molecule has 1 heterocycles. The SMILES string of the molecule is COC(=O)C1(O)CC(=O)CO1. The largest absolute Gasteiger partial charge is 0.465 e. The first-order valence-corrected chi connectivity index (χ1v) is 3.05. The third-order valence-electron chi connectivity index (χ3n) is 1.41. The lowest BCUT2D eigenvalue weighted by atomic mass is 10.2. The number of aliphatic hydroxyl groups is 1. The first kappa shape index (κ1) is 8.16. The van der Waals surface area contributed by atoms with Crippen molar-refractivity contribution in [2.75, 3.05) is 13.7 Å². The third-order valence-corrected chi connectivity index (χ3v) is 1.41. The van der Waals surface area contributed by atoms with Crippen molar-refractivity contribution in [3.05, 3.63) is 0 Å². The molecule has 1 saturated heterocycles. The van der Waals surface area contributed by atoms with Crippen LogP contribution in [-0.4, -0.2) is 36.4 Å². The quantitative estimate of drug-likeness (QED) is 0.490. The molecule has 1 unspecified atom stereocenters. The monoisotopic (exact) mass is 160 g/mol. The molecule has 0 saturated carbocycles. The van der Waals surface area contributed by atoms with Gasteiger partial charge in [0.05, 0.1) is 13.5 Å². The minimum absolute atomic E-state index is 0.231. The highest BCUT2D eigenvalue weighted by Gasteiger charge is 2.46. The van der Waals surface area contributed by atoms with Crippen molar-refractivity contribution in [3.63, 3.8) is 0 Å². The van der Waals surface area contributed by atoms with Crippen molar-refractivity contribution in [1.82, 2.24) is 0 Å². The van der Waals surface area contributed by atoms with Gasteiger partial charge in [0, 0.05) is 0 Å². The topological polar surface area (TPSA) is 72.8 Å². The summed E-state index contributed by atoms with van der Waals surface area (Å²) in [6, 6.07) is 0. The van der Waals surface area contributed by atoms with E-state index < -0.39 is 11.8 Å². The number of ketones is 1. The Morgan fingerprint density at radius 2 is 2.45 bits per heavy atom. The molecular weight excluding hydrogens is 152 g/mol. The van der Waals surface area contributed by atoms with E-state index in [9.17, 15) is 14.7 Å². The molecule has 0 amide bonds. The molecule has 1 atom stereocenters. The summed E-state index contributed by atoms with van der Waals surface area (Å²) in [5.74, 6) is -3.27. The first-order chi connectivity index (χ1) is 5.08. The van der Waals surface area contributed by atoms with E-state index in [1.54, 1.807) is 0 Å². The first-order valence-electron chi connectivity index (χ1n) is 3.05. The molecule has 1 N–H and O–H groups in total. The predicted octanol–water partition coefficient (Wildman–Crippen LogP) is -1.16. The van der Waals surface area contributed by atoms with Crippen LogP contribution in [0.1, 0.15) is 6.42 Å². The van der Waals surface area contributed by atoms with Crippen molar-refractivity contribution in [2.45, 2.75) is 12.2 Å². The fraction of sp³-hybridized carbons (Fsp3) is 0.667. The van der Waals surface area contributed by atoms with Crippen LogP contribution in [0, 0.1) is 0 Å². The molecule has 1 rings (SSSR count). The lowest BCUT2D eigenvalue weighted by Crippen LogP contribution is -2.38. The fourth-order valence-corrected chi connectivity index (χ4v) is 0.860. The van der Waals surface area contributed by atoms with E-state index in [0.29, 0.717) is 0 Å². The summed E-state index contributed by atoms with van der Waals surface area (Å²) in [6.07, 6.45) is -0.320. The lowest BCUT2D eigenvalue weighted by Gasteiger charge is -2.15. The summed E-state index contributed by atoms with van der Waals surface area (Å²) >= 11 is 0. The normalized spacial score (nSPS) is 30.5. The average molecular weight is 160 g/mol. The van der Waals surface area contributed by atoms with Gasteiger partial charge in [0.15, 0.2) is 5.78 Å². The van der Waals surface area contributed by atoms with Crippen molar-refractivity contribution in [1.29, 1.82) is 0 Å². The molecule has 1 aliphatic heterocycles. The van der Waals surface area contributed by atoms with Gasteiger partial charge in [0.1, 0.15) is 6.61 Å². The van der Waals surface area contributed by atoms with Gasteiger partial charge in [-0.3, -0.25) is 4.79 Å². The van der Waals surface area contributed by atoms with Crippen LogP contribution in [0.2, 0.25) is 0 Å². The Morgan fingerprint density at radius 3 is 2.82 bits per heavy atom. The minimum Gasteiger partial charge on any atom is -0.465 e. The van der Waals surface area contributed by atoms with E-state index in [0.717, 1.165) is 7.11 Å². The number of hydrogen-bond donors (Lipinski definition) is 1. The Kier molecular flexibility index (Phi) is 1.92. The van der Waals surface area contributed by atoms with E-state index in [-0.39, 0.29) is 18.8 Å². The molecule has 5 nitrogen and oxygen atoms in total. The Hall–Kier alpha value is -0.940. The Morgan fingerprint density at radius 1 is 1.82 bits per heavy atom. The lowest BCUT2D eigenvalue weighted by molar-refractivity contribution is -0.209. The van der Waals surface area contributed by atoms with Crippen molar-refractivity contribution < 1.29 is 24.2 Å². The average Bonchev–Trinajstić information content (AvgIpc) is 2.31. The molecule has 0 radical (unpaired) electrons. The number of hydrogen-bond acceptors (Lipinski definition) is 5. The van der Waals surface area contributed by atoms with E-state index in [4.69, 9.17) is 0 Å². The molecule has 0 spiro atoms. The van der Waals surface area contributed by atoms with E-state index in [2.05, 4.69) is 9.47 Å². The number of esters is 1. The molecule has 5 heteroatoms. The molecule has 0 aromatic carbocycles. The van der Waals surface area contributed by atoms with Gasteiger partial charge < -0.3 is 14.6 Å². The number of carbonyl (C=O) groups is 2. The molecule has 0 aromatic heterocycles. The van der Waals surface area contributed by atoms with Crippen LogP contribution in [0.3, 0.4) is 0 Å². The van der Waals surface area contributed by atoms with Gasteiger partial charge in [0.2, 0.25) is 0 Å². The highest BCUT2D eigenvalue weighted by molar-refractivity contribution is 5.91. The van der Waals surface area contributed by atoms with E-state index in [1.807, 2.05) is 0 Å². The second-order valence-corrected chi connectivity index (χ2v) is 2.28. The predicted molar refractivity (Wildman–Crippen MR) is 32.5 cm³/mol. The molecule has 0 aromatic rings. The zero-order valence-electron chi connectivity index (χ0n) is 5.99. The Labute approximate surface area is 62.9 Å². The highest BCUT2D eigenvalue weighted by atomic mass is 16.7. The maximum Gasteiger partial charge on any atom is 0.366 e. The molecule has 1 aliphatic rings. The van der Waals surface area contributed by atoms with Crippen LogP contribution >= 0.6 is 0 Å². The number of ether oxygens (including phenoxy) is 2. The van der Waals surface area contributed by atoms with E-state index in [1.165, 1.54) is 0 Å². The second-order valence-electron chi connectivity index (χ2n) is 2.28. The molecular formula is C6H8O5. The van der Waals surface area contributed by atoms with Crippen LogP contribution in [0.4, 0.5) is 0 Å². The van der Waals surface area contributed by atoms with Crippen LogP contribution in [0.5, 0.6) is 0 Å². The number of Topliss-reactive ketones (excluding diaryl/α,β-unsaturated/α-hetero) is 1. The van der Waals surface area contributed by atoms with Gasteiger partial charge in [-0.2, -0.15) is 0 Å². The van der Waals surface area contributed by atoms with Crippen LogP contribution in [0.15, 0.2) is 0 Å². The zero-order chi connectivity index (χ0) is 8.48. The Bertz CT molecular complexity index is 199. The maximum atomic E-state index is 10.7. The van der Waals surface area contributed by atoms with Gasteiger partial charge in [-0.1, -0.05) is 0 Å². The van der Waals surface area contributed by atoms with Gasteiger partial charge in [0.25, 0.3) is 5.79 Å². The summed E-state index contributed by atoms with van der Waals surface area (Å²) in [5, 5.41) is 9.21. The smallest absolute Gasteiger partial charge is 0.366 e. The Balaban J connectivity index is 2.69. The number of carbonyl (C=O) groups excluding carboxylic acids is 2. The highest BCUT2D eigenvalue weighted by Crippen LogP contribution is 2.21. The van der Waals surface area contributed by atoms with Gasteiger partial charge in [-0.15, -0.1) is 0 Å². The summed E-state index contributed by atoms with van der Waals surface area (Å²) in [7, 11) is 1.12. The third kappa shape index (κ3) is 1.38. The molecule has 11 heavy (non-hydrogen) atoms. The standard InChI is InChI=1S/C6H8O5/c1-10-5(8)6(9)2-4(7)3-11-6/h9H,2-3H2,1H3. The molecule has 1 fully saturated rings.